The second-order valence-electron chi connectivity index (χ2n) is 8.55. The molecule has 0 spiro atoms. The number of carbonyl (C=O) groups excluding carboxylic acids is 1. The number of anilines is 1. The summed E-state index contributed by atoms with van der Waals surface area (Å²) < 4.78 is 79.1. The van der Waals surface area contributed by atoms with Crippen molar-refractivity contribution in [2.75, 3.05) is 5.32 Å². The zero-order valence-electron chi connectivity index (χ0n) is 17.5. The summed E-state index contributed by atoms with van der Waals surface area (Å²) in [6, 6.07) is 7.97. The number of aliphatic hydroxyl groups is 1. The number of H-pyrrole nitrogens is 1. The quantitative estimate of drug-likeness (QED) is 0.322. The molecule has 0 fully saturated rings. The maximum atomic E-state index is 13.0. The second-order valence-corrected chi connectivity index (χ2v) is 9.47. The van der Waals surface area contributed by atoms with Crippen molar-refractivity contribution in [3.05, 3.63) is 63.9 Å². The third-order valence-corrected chi connectivity index (χ3v) is 5.62. The van der Waals surface area contributed by atoms with Crippen LogP contribution in [-0.2, 0) is 11.0 Å². The highest BCUT2D eigenvalue weighted by molar-refractivity contribution is 9.10. The summed E-state index contributed by atoms with van der Waals surface area (Å²) >= 11 is 3.39. The minimum absolute atomic E-state index is 0.0485. The highest BCUT2D eigenvalue weighted by Gasteiger charge is 2.71. The fraction of sp³-hybridized carbons (Fsp3) is 0.318. The molecular formula is C22H19BrF6N2O2. The van der Waals surface area contributed by atoms with Crippen molar-refractivity contribution in [2.45, 2.75) is 44.1 Å². The van der Waals surface area contributed by atoms with E-state index in [-0.39, 0.29) is 16.8 Å². The number of fused-ring (bicyclic) bond motifs is 1. The minimum Gasteiger partial charge on any atom is -0.369 e. The van der Waals surface area contributed by atoms with E-state index in [1.54, 1.807) is 12.1 Å². The Morgan fingerprint density at radius 3 is 1.94 bits per heavy atom. The number of carbonyl (C=O) groups is 1. The first-order valence-electron chi connectivity index (χ1n) is 9.56. The predicted molar refractivity (Wildman–Crippen MR) is 115 cm³/mol. The van der Waals surface area contributed by atoms with Crippen LogP contribution in [0.1, 0.15) is 42.5 Å². The topological polar surface area (TPSA) is 65.1 Å². The number of amides is 1. The SMILES string of the molecule is CC(C)(C)c1[nH]c(C(=O)Nc2ccc(C(O)(C(F)(F)F)C(F)(F)F)cc2)c2ccc(Br)cc12. The van der Waals surface area contributed by atoms with E-state index in [1.807, 2.05) is 26.8 Å². The third kappa shape index (κ3) is 4.48. The molecular weight excluding hydrogens is 518 g/mol. The lowest BCUT2D eigenvalue weighted by molar-refractivity contribution is -0.376. The van der Waals surface area contributed by atoms with Crippen LogP contribution in [0.3, 0.4) is 0 Å². The van der Waals surface area contributed by atoms with E-state index in [2.05, 4.69) is 26.2 Å². The molecule has 3 rings (SSSR count). The summed E-state index contributed by atoms with van der Waals surface area (Å²) in [4.78, 5) is 16.0. The Kier molecular flexibility index (Phi) is 6.12. The van der Waals surface area contributed by atoms with E-state index in [0.29, 0.717) is 17.5 Å². The van der Waals surface area contributed by atoms with Gasteiger partial charge in [0.05, 0.1) is 0 Å². The maximum Gasteiger partial charge on any atom is 0.430 e. The number of nitrogens with one attached hydrogen (secondary N) is 2. The molecule has 1 heterocycles. The van der Waals surface area contributed by atoms with Gasteiger partial charge in [-0.2, -0.15) is 26.3 Å². The Morgan fingerprint density at radius 1 is 0.909 bits per heavy atom. The molecule has 1 amide bonds. The first kappa shape index (κ1) is 25.1. The molecule has 0 atom stereocenters. The fourth-order valence-corrected chi connectivity index (χ4v) is 3.81. The van der Waals surface area contributed by atoms with Crippen molar-refractivity contribution >= 4 is 38.3 Å². The van der Waals surface area contributed by atoms with E-state index < -0.39 is 29.4 Å². The number of aromatic amines is 1. The number of rotatable bonds is 3. The molecule has 0 aliphatic heterocycles. The van der Waals surface area contributed by atoms with E-state index in [0.717, 1.165) is 27.7 Å². The summed E-state index contributed by atoms with van der Waals surface area (Å²) in [5, 5.41) is 13.3. The van der Waals surface area contributed by atoms with Gasteiger partial charge in [-0.25, -0.2) is 0 Å². The smallest absolute Gasteiger partial charge is 0.369 e. The molecule has 0 saturated carbocycles. The summed E-state index contributed by atoms with van der Waals surface area (Å²) in [5.41, 5.74) is -5.88. The Morgan fingerprint density at radius 2 is 1.45 bits per heavy atom. The average Bonchev–Trinajstić information content (AvgIpc) is 3.05. The minimum atomic E-state index is -5.99. The van der Waals surface area contributed by atoms with Crippen molar-refractivity contribution < 1.29 is 36.2 Å². The van der Waals surface area contributed by atoms with Gasteiger partial charge in [-0.1, -0.05) is 54.9 Å². The normalized spacial score (nSPS) is 13.4. The van der Waals surface area contributed by atoms with Gasteiger partial charge in [-0.05, 0) is 24.3 Å². The molecule has 0 saturated heterocycles. The van der Waals surface area contributed by atoms with Crippen molar-refractivity contribution in [1.29, 1.82) is 0 Å². The first-order chi connectivity index (χ1) is 15.0. The maximum absolute atomic E-state index is 13.0. The Labute approximate surface area is 193 Å². The van der Waals surface area contributed by atoms with Gasteiger partial charge in [-0.15, -0.1) is 0 Å². The molecule has 0 aliphatic rings. The summed E-state index contributed by atoms with van der Waals surface area (Å²) in [5.74, 6) is -0.632. The van der Waals surface area contributed by atoms with Crippen LogP contribution >= 0.6 is 15.9 Å². The lowest BCUT2D eigenvalue weighted by atomic mass is 9.90. The molecule has 2 aromatic carbocycles. The van der Waals surface area contributed by atoms with Gasteiger partial charge in [0, 0.05) is 37.6 Å². The molecule has 0 unspecified atom stereocenters. The first-order valence-corrected chi connectivity index (χ1v) is 10.4. The highest BCUT2D eigenvalue weighted by atomic mass is 79.9. The number of halogens is 7. The number of hydrogen-bond donors (Lipinski definition) is 3. The van der Waals surface area contributed by atoms with Crippen LogP contribution in [0.4, 0.5) is 32.0 Å². The molecule has 3 aromatic rings. The summed E-state index contributed by atoms with van der Waals surface area (Å²) in [7, 11) is 0. The Hall–Kier alpha value is -2.53. The second kappa shape index (κ2) is 8.05. The van der Waals surface area contributed by atoms with E-state index >= 15 is 0 Å². The lowest BCUT2D eigenvalue weighted by Crippen LogP contribution is -2.53. The predicted octanol–water partition coefficient (Wildman–Crippen LogP) is 6.79. The summed E-state index contributed by atoms with van der Waals surface area (Å²) in [6.07, 6.45) is -12.0. The van der Waals surface area contributed by atoms with Gasteiger partial charge in [0.1, 0.15) is 5.69 Å². The molecule has 11 heteroatoms. The molecule has 178 valence electrons. The van der Waals surface area contributed by atoms with Gasteiger partial charge in [0.25, 0.3) is 11.5 Å². The Bertz CT molecular complexity index is 1180. The van der Waals surface area contributed by atoms with Crippen molar-refractivity contribution in [1.82, 2.24) is 4.98 Å². The zero-order chi connectivity index (χ0) is 25.0. The number of alkyl halides is 6. The highest BCUT2D eigenvalue weighted by Crippen LogP contribution is 2.50. The van der Waals surface area contributed by atoms with Crippen molar-refractivity contribution in [2.24, 2.45) is 0 Å². The zero-order valence-corrected chi connectivity index (χ0v) is 19.1. The van der Waals surface area contributed by atoms with Gasteiger partial charge in [-0.3, -0.25) is 4.79 Å². The van der Waals surface area contributed by atoms with Crippen LogP contribution < -0.4 is 5.32 Å². The van der Waals surface area contributed by atoms with Crippen molar-refractivity contribution in [3.8, 4) is 0 Å². The largest absolute Gasteiger partial charge is 0.430 e. The van der Waals surface area contributed by atoms with Crippen LogP contribution in [0.15, 0.2) is 46.9 Å². The van der Waals surface area contributed by atoms with Crippen molar-refractivity contribution in [3.63, 3.8) is 0 Å². The molecule has 0 aliphatic carbocycles. The van der Waals surface area contributed by atoms with Crippen LogP contribution in [0.2, 0.25) is 0 Å². The molecule has 3 N–H and O–H groups in total. The Balaban J connectivity index is 1.96. The third-order valence-electron chi connectivity index (χ3n) is 5.13. The molecule has 33 heavy (non-hydrogen) atoms. The molecule has 4 nitrogen and oxygen atoms in total. The van der Waals surface area contributed by atoms with Crippen LogP contribution in [0.25, 0.3) is 10.8 Å². The lowest BCUT2D eigenvalue weighted by Gasteiger charge is -2.32. The molecule has 0 radical (unpaired) electrons. The number of hydrogen-bond acceptors (Lipinski definition) is 2. The van der Waals surface area contributed by atoms with Crippen LogP contribution in [-0.4, -0.2) is 28.4 Å². The van der Waals surface area contributed by atoms with Gasteiger partial charge < -0.3 is 15.4 Å². The van der Waals surface area contributed by atoms with Gasteiger partial charge >= 0.3 is 12.4 Å². The van der Waals surface area contributed by atoms with E-state index in [1.165, 1.54) is 0 Å². The molecule has 0 bridgehead atoms. The number of aromatic nitrogens is 1. The van der Waals surface area contributed by atoms with Crippen LogP contribution in [0.5, 0.6) is 0 Å². The van der Waals surface area contributed by atoms with Gasteiger partial charge in [0.15, 0.2) is 0 Å². The van der Waals surface area contributed by atoms with E-state index in [9.17, 15) is 36.2 Å². The fourth-order valence-electron chi connectivity index (χ4n) is 3.45. The number of benzene rings is 2. The van der Waals surface area contributed by atoms with Gasteiger partial charge in [0.2, 0.25) is 0 Å². The van der Waals surface area contributed by atoms with Crippen LogP contribution in [0, 0.1) is 0 Å². The standard InChI is InChI=1S/C22H19BrF6N2O2/c1-19(2,3)17-15-10-12(23)6-9-14(15)16(31-17)18(32)30-13-7-4-11(5-8-13)20(33,21(24,25)26)22(27,28)29/h4-10,31,33H,1-3H3,(H,30,32). The summed E-state index contributed by atoms with van der Waals surface area (Å²) in [6.45, 7) is 5.84. The average molecular weight is 537 g/mol. The monoisotopic (exact) mass is 536 g/mol. The van der Waals surface area contributed by atoms with E-state index in [4.69, 9.17) is 0 Å². The molecule has 1 aromatic heterocycles.